The third kappa shape index (κ3) is 3.05. The summed E-state index contributed by atoms with van der Waals surface area (Å²) in [6.45, 7) is 2.14. The zero-order valence-corrected chi connectivity index (χ0v) is 16.1. The Morgan fingerprint density at radius 3 is 2.26 bits per heavy atom. The van der Waals surface area contributed by atoms with Crippen LogP contribution in [0.25, 0.3) is 33.2 Å². The van der Waals surface area contributed by atoms with E-state index in [0.29, 0.717) is 0 Å². The van der Waals surface area contributed by atoms with Gasteiger partial charge in [0, 0.05) is 9.75 Å². The van der Waals surface area contributed by atoms with Crippen LogP contribution in [0, 0.1) is 6.92 Å². The van der Waals surface area contributed by atoms with Crippen molar-refractivity contribution in [3.05, 3.63) is 106 Å². The lowest BCUT2D eigenvalue weighted by molar-refractivity contribution is 1.33. The number of rotatable bonds is 3. The Hall–Kier alpha value is -2.90. The zero-order chi connectivity index (χ0) is 18.2. The number of hydrogen-bond acceptors (Lipinski definition) is 1. The topological polar surface area (TPSA) is 0 Å². The molecule has 0 aliphatic heterocycles. The standard InChI is InChI=1S/C26H20S/c1-18-10-12-19(13-11-18)23-9-5-8-21-16-22(17-24(21)23)26-15-14-25(27-26)20-6-3-2-4-7-20/h2-15,17H,16H2,1H3. The molecule has 0 radical (unpaired) electrons. The molecule has 3 aromatic carbocycles. The highest BCUT2D eigenvalue weighted by Crippen LogP contribution is 2.41. The molecular weight excluding hydrogens is 344 g/mol. The van der Waals surface area contributed by atoms with E-state index in [9.17, 15) is 0 Å². The third-order valence-corrected chi connectivity index (χ3v) is 6.45. The van der Waals surface area contributed by atoms with Crippen LogP contribution in [0.15, 0.2) is 84.9 Å². The van der Waals surface area contributed by atoms with Crippen LogP contribution >= 0.6 is 11.3 Å². The van der Waals surface area contributed by atoms with Crippen LogP contribution in [0.4, 0.5) is 0 Å². The summed E-state index contributed by atoms with van der Waals surface area (Å²) in [6, 6.07) is 30.7. The maximum Gasteiger partial charge on any atom is 0.0349 e. The predicted octanol–water partition coefficient (Wildman–Crippen LogP) is 7.49. The highest BCUT2D eigenvalue weighted by atomic mass is 32.1. The molecule has 130 valence electrons. The Kier molecular flexibility index (Phi) is 4.03. The molecule has 0 unspecified atom stereocenters. The van der Waals surface area contributed by atoms with Gasteiger partial charge in [-0.25, -0.2) is 0 Å². The van der Waals surface area contributed by atoms with E-state index in [1.54, 1.807) is 0 Å². The fraction of sp³-hybridized carbons (Fsp3) is 0.0769. The van der Waals surface area contributed by atoms with Gasteiger partial charge in [0.25, 0.3) is 0 Å². The van der Waals surface area contributed by atoms with Gasteiger partial charge in [-0.15, -0.1) is 11.3 Å². The van der Waals surface area contributed by atoms with E-state index in [2.05, 4.69) is 97.9 Å². The van der Waals surface area contributed by atoms with Crippen molar-refractivity contribution in [2.24, 2.45) is 0 Å². The lowest BCUT2D eigenvalue weighted by atomic mass is 9.97. The van der Waals surface area contributed by atoms with Crippen molar-refractivity contribution >= 4 is 23.0 Å². The number of thiophene rings is 1. The Labute approximate surface area is 164 Å². The fourth-order valence-corrected chi connectivity index (χ4v) is 4.80. The van der Waals surface area contributed by atoms with E-state index in [-0.39, 0.29) is 0 Å². The van der Waals surface area contributed by atoms with Crippen molar-refractivity contribution in [1.29, 1.82) is 0 Å². The second kappa shape index (κ2) is 6.68. The van der Waals surface area contributed by atoms with Gasteiger partial charge in [-0.1, -0.05) is 78.4 Å². The highest BCUT2D eigenvalue weighted by molar-refractivity contribution is 7.16. The average molecular weight is 365 g/mol. The molecule has 1 aromatic heterocycles. The van der Waals surface area contributed by atoms with Crippen LogP contribution in [0.2, 0.25) is 0 Å². The van der Waals surface area contributed by atoms with Crippen molar-refractivity contribution in [3.63, 3.8) is 0 Å². The van der Waals surface area contributed by atoms with Gasteiger partial charge in [0.2, 0.25) is 0 Å². The summed E-state index contributed by atoms with van der Waals surface area (Å²) in [5.74, 6) is 0. The Morgan fingerprint density at radius 1 is 0.667 bits per heavy atom. The van der Waals surface area contributed by atoms with Gasteiger partial charge in [0.1, 0.15) is 0 Å². The second-order valence-corrected chi connectivity index (χ2v) is 8.20. The summed E-state index contributed by atoms with van der Waals surface area (Å²) in [7, 11) is 0. The minimum Gasteiger partial charge on any atom is -0.136 e. The molecule has 0 amide bonds. The van der Waals surface area contributed by atoms with Gasteiger partial charge >= 0.3 is 0 Å². The van der Waals surface area contributed by atoms with Crippen molar-refractivity contribution in [1.82, 2.24) is 0 Å². The second-order valence-electron chi connectivity index (χ2n) is 7.12. The molecule has 0 spiro atoms. The van der Waals surface area contributed by atoms with E-state index >= 15 is 0 Å². The smallest absolute Gasteiger partial charge is 0.0349 e. The van der Waals surface area contributed by atoms with Crippen molar-refractivity contribution in [3.8, 4) is 21.6 Å². The first kappa shape index (κ1) is 16.3. The first-order chi connectivity index (χ1) is 13.3. The molecule has 0 saturated heterocycles. The number of allylic oxidation sites excluding steroid dienone is 1. The van der Waals surface area contributed by atoms with E-state index in [1.165, 1.54) is 48.7 Å². The molecule has 1 aliphatic carbocycles. The molecule has 1 heterocycles. The number of fused-ring (bicyclic) bond motifs is 1. The first-order valence-corrected chi connectivity index (χ1v) is 10.1. The molecule has 1 aliphatic rings. The Bertz CT molecular complexity index is 1130. The summed E-state index contributed by atoms with van der Waals surface area (Å²) in [6.07, 6.45) is 3.41. The molecule has 4 aromatic rings. The van der Waals surface area contributed by atoms with Crippen LogP contribution in [0.3, 0.4) is 0 Å². The molecule has 0 saturated carbocycles. The summed E-state index contributed by atoms with van der Waals surface area (Å²) < 4.78 is 0. The normalized spacial score (nSPS) is 12.7. The Morgan fingerprint density at radius 2 is 1.44 bits per heavy atom. The molecule has 5 rings (SSSR count). The Balaban J connectivity index is 1.52. The van der Waals surface area contributed by atoms with Gasteiger partial charge in [0.05, 0.1) is 0 Å². The maximum absolute atomic E-state index is 2.39. The fourth-order valence-electron chi connectivity index (χ4n) is 3.78. The van der Waals surface area contributed by atoms with Crippen molar-refractivity contribution < 1.29 is 0 Å². The van der Waals surface area contributed by atoms with Gasteiger partial charge in [-0.05, 0) is 64.9 Å². The lowest BCUT2D eigenvalue weighted by Gasteiger charge is -2.08. The third-order valence-electron chi connectivity index (χ3n) is 5.24. The lowest BCUT2D eigenvalue weighted by Crippen LogP contribution is -1.87. The molecule has 0 nitrogen and oxygen atoms in total. The number of benzene rings is 3. The van der Waals surface area contributed by atoms with Crippen LogP contribution in [-0.2, 0) is 6.42 Å². The van der Waals surface area contributed by atoms with Gasteiger partial charge in [0.15, 0.2) is 0 Å². The summed E-state index contributed by atoms with van der Waals surface area (Å²) >= 11 is 1.89. The molecule has 27 heavy (non-hydrogen) atoms. The predicted molar refractivity (Wildman–Crippen MR) is 118 cm³/mol. The van der Waals surface area contributed by atoms with Crippen LogP contribution in [-0.4, -0.2) is 0 Å². The minimum absolute atomic E-state index is 1.02. The largest absolute Gasteiger partial charge is 0.136 e. The van der Waals surface area contributed by atoms with Crippen LogP contribution in [0.5, 0.6) is 0 Å². The monoisotopic (exact) mass is 364 g/mol. The summed E-state index contributed by atoms with van der Waals surface area (Å²) in [5.41, 5.74) is 9.47. The molecule has 0 N–H and O–H groups in total. The van der Waals surface area contributed by atoms with Crippen molar-refractivity contribution in [2.45, 2.75) is 13.3 Å². The van der Waals surface area contributed by atoms with E-state index in [4.69, 9.17) is 0 Å². The molecule has 0 bridgehead atoms. The SMILES string of the molecule is Cc1ccc(-c2cccc3c2C=C(c2ccc(-c4ccccc4)s2)C3)cc1. The maximum atomic E-state index is 2.39. The number of aryl methyl sites for hydroxylation is 1. The van der Waals surface area contributed by atoms with Gasteiger partial charge < -0.3 is 0 Å². The van der Waals surface area contributed by atoms with E-state index < -0.39 is 0 Å². The molecule has 0 atom stereocenters. The highest BCUT2D eigenvalue weighted by Gasteiger charge is 2.19. The van der Waals surface area contributed by atoms with E-state index in [1.807, 2.05) is 11.3 Å². The minimum atomic E-state index is 1.02. The van der Waals surface area contributed by atoms with Crippen LogP contribution < -0.4 is 0 Å². The van der Waals surface area contributed by atoms with Crippen molar-refractivity contribution in [2.75, 3.05) is 0 Å². The molecule has 0 fully saturated rings. The first-order valence-electron chi connectivity index (χ1n) is 9.33. The molecular formula is C26H20S. The number of hydrogen-bond donors (Lipinski definition) is 0. The van der Waals surface area contributed by atoms with Crippen LogP contribution in [0.1, 0.15) is 21.6 Å². The molecule has 1 heteroatoms. The van der Waals surface area contributed by atoms with Gasteiger partial charge in [-0.2, -0.15) is 0 Å². The van der Waals surface area contributed by atoms with E-state index in [0.717, 1.165) is 6.42 Å². The zero-order valence-electron chi connectivity index (χ0n) is 15.3. The quantitative estimate of drug-likeness (QED) is 0.353. The average Bonchev–Trinajstić information content (AvgIpc) is 3.36. The summed E-state index contributed by atoms with van der Waals surface area (Å²) in [4.78, 5) is 2.71. The summed E-state index contributed by atoms with van der Waals surface area (Å²) in [5, 5.41) is 0. The van der Waals surface area contributed by atoms with Gasteiger partial charge in [-0.3, -0.25) is 0 Å².